The van der Waals surface area contributed by atoms with E-state index in [9.17, 15) is 4.79 Å². The predicted molar refractivity (Wildman–Crippen MR) is 106 cm³/mol. The van der Waals surface area contributed by atoms with Crippen LogP contribution in [0.4, 0.5) is 16.3 Å². The molecular weight excluding hydrogens is 394 g/mol. The lowest BCUT2D eigenvalue weighted by atomic mass is 10.1. The lowest BCUT2D eigenvalue weighted by Crippen LogP contribution is -2.20. The van der Waals surface area contributed by atoms with Crippen LogP contribution in [0.15, 0.2) is 71.6 Å². The quantitative estimate of drug-likeness (QED) is 0.445. The highest BCUT2D eigenvalue weighted by atomic mass is 79.9. The van der Waals surface area contributed by atoms with Crippen molar-refractivity contribution in [3.05, 3.63) is 71.6 Å². The molecule has 26 heavy (non-hydrogen) atoms. The summed E-state index contributed by atoms with van der Waals surface area (Å²) >= 11 is 3.57. The van der Waals surface area contributed by atoms with Crippen LogP contribution in [0.25, 0.3) is 22.2 Å². The van der Waals surface area contributed by atoms with Crippen molar-refractivity contribution in [2.45, 2.75) is 0 Å². The zero-order valence-corrected chi connectivity index (χ0v) is 15.1. The lowest BCUT2D eigenvalue weighted by molar-refractivity contribution is 0.262. The van der Waals surface area contributed by atoms with Gasteiger partial charge in [-0.3, -0.25) is 5.32 Å². The molecule has 0 saturated carbocycles. The van der Waals surface area contributed by atoms with Crippen LogP contribution in [-0.2, 0) is 0 Å². The monoisotopic (exact) mass is 407 g/mol. The van der Waals surface area contributed by atoms with Crippen LogP contribution >= 0.6 is 15.9 Å². The van der Waals surface area contributed by atoms with E-state index in [1.165, 1.54) is 6.33 Å². The zero-order valence-electron chi connectivity index (χ0n) is 13.5. The maximum Gasteiger partial charge on any atom is 0.324 e. The molecule has 0 aliphatic heterocycles. The van der Waals surface area contributed by atoms with E-state index in [-0.39, 0.29) is 6.03 Å². The second-order valence-electron chi connectivity index (χ2n) is 5.57. The summed E-state index contributed by atoms with van der Waals surface area (Å²) in [7, 11) is 0. The van der Waals surface area contributed by atoms with Gasteiger partial charge in [0.05, 0.1) is 5.39 Å². The van der Waals surface area contributed by atoms with Gasteiger partial charge in [0, 0.05) is 21.9 Å². The Balaban J connectivity index is 1.71. The van der Waals surface area contributed by atoms with Gasteiger partial charge in [-0.15, -0.1) is 0 Å². The minimum atomic E-state index is -0.365. The number of rotatable bonds is 3. The van der Waals surface area contributed by atoms with Crippen molar-refractivity contribution in [3.63, 3.8) is 0 Å². The third kappa shape index (κ3) is 3.16. The van der Waals surface area contributed by atoms with Gasteiger partial charge in [0.15, 0.2) is 0 Å². The smallest absolute Gasteiger partial charge is 0.324 e. The summed E-state index contributed by atoms with van der Waals surface area (Å²) < 4.78 is 0.949. The first-order valence-corrected chi connectivity index (χ1v) is 8.72. The van der Waals surface area contributed by atoms with Crippen LogP contribution in [0.2, 0.25) is 0 Å². The van der Waals surface area contributed by atoms with Gasteiger partial charge in [0.25, 0.3) is 0 Å². The molecule has 0 bridgehead atoms. The first-order valence-electron chi connectivity index (χ1n) is 7.92. The van der Waals surface area contributed by atoms with Crippen molar-refractivity contribution < 1.29 is 4.79 Å². The number of nitrogens with zero attached hydrogens (tertiary/aromatic N) is 2. The number of H-pyrrole nitrogens is 1. The maximum atomic E-state index is 12.4. The number of anilines is 2. The number of amides is 2. The Morgan fingerprint density at radius 1 is 0.923 bits per heavy atom. The molecule has 2 aromatic heterocycles. The number of halogens is 1. The molecule has 0 fully saturated rings. The van der Waals surface area contributed by atoms with E-state index in [2.05, 4.69) is 41.5 Å². The summed E-state index contributed by atoms with van der Waals surface area (Å²) in [5, 5.41) is 6.35. The molecule has 2 aromatic carbocycles. The molecule has 2 heterocycles. The van der Waals surface area contributed by atoms with Gasteiger partial charge in [0.2, 0.25) is 0 Å². The summed E-state index contributed by atoms with van der Waals surface area (Å²) in [6.07, 6.45) is 3.28. The summed E-state index contributed by atoms with van der Waals surface area (Å²) in [5.74, 6) is 0.440. The number of benzene rings is 2. The standard InChI is InChI=1S/C19H14BrN5O/c20-15-9-5-4-8-13(15)14-10-21-17-16(14)18(23-11-22-17)25-19(26)24-12-6-2-1-3-7-12/h1-11H,(H3,21,22,23,24,25,26). The fraction of sp³-hybridized carbons (Fsp3) is 0. The normalized spacial score (nSPS) is 10.7. The largest absolute Gasteiger partial charge is 0.345 e. The Morgan fingerprint density at radius 3 is 2.50 bits per heavy atom. The van der Waals surface area contributed by atoms with Gasteiger partial charge in [-0.05, 0) is 23.8 Å². The van der Waals surface area contributed by atoms with Gasteiger partial charge in [-0.1, -0.05) is 52.3 Å². The first kappa shape index (κ1) is 16.3. The molecule has 0 aliphatic carbocycles. The second-order valence-corrected chi connectivity index (χ2v) is 6.43. The molecule has 0 atom stereocenters. The molecule has 0 saturated heterocycles. The van der Waals surface area contributed by atoms with Crippen molar-refractivity contribution in [2.75, 3.05) is 10.6 Å². The van der Waals surface area contributed by atoms with Crippen LogP contribution < -0.4 is 10.6 Å². The van der Waals surface area contributed by atoms with Gasteiger partial charge in [-0.2, -0.15) is 0 Å². The summed E-state index contributed by atoms with van der Waals surface area (Å²) in [4.78, 5) is 24.0. The topological polar surface area (TPSA) is 82.7 Å². The van der Waals surface area contributed by atoms with Gasteiger partial charge >= 0.3 is 6.03 Å². The average Bonchev–Trinajstić information content (AvgIpc) is 3.08. The molecule has 3 N–H and O–H groups in total. The predicted octanol–water partition coefficient (Wildman–Crippen LogP) is 5.03. The van der Waals surface area contributed by atoms with E-state index >= 15 is 0 Å². The fourth-order valence-electron chi connectivity index (χ4n) is 2.74. The first-order chi connectivity index (χ1) is 12.7. The lowest BCUT2D eigenvalue weighted by Gasteiger charge is -2.09. The molecule has 0 aliphatic rings. The third-order valence-corrected chi connectivity index (χ3v) is 4.59. The molecule has 6 nitrogen and oxygen atoms in total. The Morgan fingerprint density at radius 2 is 1.69 bits per heavy atom. The van der Waals surface area contributed by atoms with Crippen LogP contribution in [-0.4, -0.2) is 21.0 Å². The van der Waals surface area contributed by atoms with Crippen molar-refractivity contribution in [1.29, 1.82) is 0 Å². The molecule has 0 unspecified atom stereocenters. The number of carbonyl (C=O) groups is 1. The van der Waals surface area contributed by atoms with Crippen LogP contribution in [0.5, 0.6) is 0 Å². The third-order valence-electron chi connectivity index (χ3n) is 3.90. The Hall–Kier alpha value is -3.19. The van der Waals surface area contributed by atoms with E-state index in [0.29, 0.717) is 17.2 Å². The summed E-state index contributed by atoms with van der Waals surface area (Å²) in [5.41, 5.74) is 3.25. The molecule has 7 heteroatoms. The van der Waals surface area contributed by atoms with E-state index in [4.69, 9.17) is 0 Å². The number of aromatic amines is 1. The van der Waals surface area contributed by atoms with E-state index < -0.39 is 0 Å². The number of fused-ring (bicyclic) bond motifs is 1. The minimum Gasteiger partial charge on any atom is -0.345 e. The van der Waals surface area contributed by atoms with E-state index in [0.717, 1.165) is 21.0 Å². The van der Waals surface area contributed by atoms with E-state index in [1.807, 2.05) is 60.8 Å². The zero-order chi connectivity index (χ0) is 17.9. The highest BCUT2D eigenvalue weighted by Gasteiger charge is 2.16. The average molecular weight is 408 g/mol. The van der Waals surface area contributed by atoms with Crippen LogP contribution in [0.3, 0.4) is 0 Å². The number of carbonyl (C=O) groups excluding carboxylic acids is 1. The number of hydrogen-bond donors (Lipinski definition) is 3. The molecular formula is C19H14BrN5O. The van der Waals surface area contributed by atoms with Gasteiger partial charge in [-0.25, -0.2) is 14.8 Å². The van der Waals surface area contributed by atoms with Crippen molar-refractivity contribution >= 4 is 44.5 Å². The highest BCUT2D eigenvalue weighted by molar-refractivity contribution is 9.10. The SMILES string of the molecule is O=C(Nc1ccccc1)Nc1ncnc2[nH]cc(-c3ccccc3Br)c12. The highest BCUT2D eigenvalue weighted by Crippen LogP contribution is 2.35. The maximum absolute atomic E-state index is 12.4. The van der Waals surface area contributed by atoms with Gasteiger partial charge < -0.3 is 10.3 Å². The Bertz CT molecular complexity index is 1080. The molecule has 0 radical (unpaired) electrons. The van der Waals surface area contributed by atoms with Crippen molar-refractivity contribution in [2.24, 2.45) is 0 Å². The Kier molecular flexibility index (Phi) is 4.37. The van der Waals surface area contributed by atoms with Crippen molar-refractivity contribution in [3.8, 4) is 11.1 Å². The number of hydrogen-bond acceptors (Lipinski definition) is 3. The molecule has 4 aromatic rings. The number of urea groups is 1. The van der Waals surface area contributed by atoms with E-state index in [1.54, 1.807) is 0 Å². The molecule has 2 amide bonds. The fourth-order valence-corrected chi connectivity index (χ4v) is 3.24. The van der Waals surface area contributed by atoms with Crippen LogP contribution in [0.1, 0.15) is 0 Å². The second kappa shape index (κ2) is 6.97. The summed E-state index contributed by atoms with van der Waals surface area (Å²) in [6, 6.07) is 16.7. The minimum absolute atomic E-state index is 0.365. The number of nitrogens with one attached hydrogen (secondary N) is 3. The van der Waals surface area contributed by atoms with Crippen molar-refractivity contribution in [1.82, 2.24) is 15.0 Å². The molecule has 128 valence electrons. The number of aromatic nitrogens is 3. The molecule has 0 spiro atoms. The summed E-state index contributed by atoms with van der Waals surface area (Å²) in [6.45, 7) is 0. The van der Waals surface area contributed by atoms with Gasteiger partial charge in [0.1, 0.15) is 17.8 Å². The molecule has 4 rings (SSSR count). The van der Waals surface area contributed by atoms with Crippen LogP contribution in [0, 0.1) is 0 Å². The Labute approximate surface area is 157 Å². The number of para-hydroxylation sites is 1.